The van der Waals surface area contributed by atoms with Crippen LogP contribution in [0.5, 0.6) is 0 Å². The Morgan fingerprint density at radius 3 is 2.38 bits per heavy atom. The molecule has 13 heteroatoms. The number of halogens is 2. The van der Waals surface area contributed by atoms with E-state index in [0.29, 0.717) is 27.5 Å². The quantitative estimate of drug-likeness (QED) is 0.0942. The minimum Gasteiger partial charge on any atom is -0.394 e. The monoisotopic (exact) mass is 701 g/mol. The third-order valence-electron chi connectivity index (χ3n) is 8.59. The Hall–Kier alpha value is -3.13. The van der Waals surface area contributed by atoms with Gasteiger partial charge in [-0.3, -0.25) is 9.59 Å². The molecule has 1 aromatic heterocycles. The summed E-state index contributed by atoms with van der Waals surface area (Å²) < 4.78 is 3.86. The number of amides is 2. The van der Waals surface area contributed by atoms with Gasteiger partial charge in [0, 0.05) is 44.1 Å². The van der Waals surface area contributed by atoms with Gasteiger partial charge in [0.2, 0.25) is 12.3 Å². The number of aromatic amines is 1. The zero-order chi connectivity index (χ0) is 33.9. The molecule has 6 N–H and O–H groups in total. The Labute approximate surface area is 286 Å². The number of hydrogen-bond acceptors (Lipinski definition) is 8. The molecule has 250 valence electrons. The zero-order valence-electron chi connectivity index (χ0n) is 25.7. The highest BCUT2D eigenvalue weighted by Gasteiger charge is 2.52. The van der Waals surface area contributed by atoms with Crippen LogP contribution in [-0.4, -0.2) is 84.6 Å². The fourth-order valence-corrected chi connectivity index (χ4v) is 7.69. The standard InChI is InChI=1S/C34H37Cl2N3O7S/c1-3-34(47-23-11-4-19(2)5-12-23,33(45)38-28-30(43)29(42)27(17-40)46-32(28)44)31(25-15-37-26-14-22(36)10-13-24(25)26)39(18-41)16-20-6-8-21(35)9-7-20/h4-15,18,27-32,37,40,42-44H,3,16-17H2,1-2H3,(H,38,45). The van der Waals surface area contributed by atoms with Crippen molar-refractivity contribution in [3.8, 4) is 0 Å². The van der Waals surface area contributed by atoms with Crippen LogP contribution in [0.2, 0.25) is 10.0 Å². The summed E-state index contributed by atoms with van der Waals surface area (Å²) in [7, 11) is 0. The molecule has 2 heterocycles. The third kappa shape index (κ3) is 7.33. The summed E-state index contributed by atoms with van der Waals surface area (Å²) in [4.78, 5) is 33.6. The highest BCUT2D eigenvalue weighted by atomic mass is 35.5. The normalized spacial score (nSPS) is 23.2. The van der Waals surface area contributed by atoms with Gasteiger partial charge in [-0.1, -0.05) is 66.0 Å². The second kappa shape index (κ2) is 15.0. The predicted octanol–water partition coefficient (Wildman–Crippen LogP) is 4.34. The van der Waals surface area contributed by atoms with Gasteiger partial charge >= 0.3 is 0 Å². The number of ether oxygens (including phenoxy) is 1. The molecule has 1 saturated heterocycles. The fourth-order valence-electron chi connectivity index (χ4n) is 6.03. The number of rotatable bonds is 12. The number of benzene rings is 3. The highest BCUT2D eigenvalue weighted by molar-refractivity contribution is 8.01. The lowest BCUT2D eigenvalue weighted by Crippen LogP contribution is -2.66. The van der Waals surface area contributed by atoms with Gasteiger partial charge in [0.25, 0.3) is 0 Å². The minimum atomic E-state index is -1.74. The summed E-state index contributed by atoms with van der Waals surface area (Å²) in [6, 6.07) is 17.6. The van der Waals surface area contributed by atoms with E-state index in [-0.39, 0.29) is 13.0 Å². The molecule has 10 nitrogen and oxygen atoms in total. The minimum absolute atomic E-state index is 0.115. The van der Waals surface area contributed by atoms with E-state index in [1.807, 2.05) is 44.2 Å². The van der Waals surface area contributed by atoms with Gasteiger partial charge in [0.15, 0.2) is 6.29 Å². The van der Waals surface area contributed by atoms with Crippen LogP contribution in [0.3, 0.4) is 0 Å². The summed E-state index contributed by atoms with van der Waals surface area (Å²) in [5, 5.41) is 46.4. The molecule has 47 heavy (non-hydrogen) atoms. The maximum absolute atomic E-state index is 14.9. The Morgan fingerprint density at radius 1 is 1.06 bits per heavy atom. The number of hydrogen-bond donors (Lipinski definition) is 6. The maximum atomic E-state index is 14.9. The summed E-state index contributed by atoms with van der Waals surface area (Å²) in [5.74, 6) is -0.622. The lowest BCUT2D eigenvalue weighted by molar-refractivity contribution is -0.254. The summed E-state index contributed by atoms with van der Waals surface area (Å²) in [6.45, 7) is 3.24. The lowest BCUT2D eigenvalue weighted by atomic mass is 9.86. The molecule has 1 aliphatic rings. The van der Waals surface area contributed by atoms with Crippen molar-refractivity contribution in [3.05, 3.63) is 99.7 Å². The first-order valence-electron chi connectivity index (χ1n) is 15.1. The number of aromatic nitrogens is 1. The van der Waals surface area contributed by atoms with Crippen molar-refractivity contribution >= 4 is 58.2 Å². The molecule has 7 atom stereocenters. The van der Waals surface area contributed by atoms with Gasteiger partial charge in [-0.25, -0.2) is 0 Å². The number of nitrogens with zero attached hydrogens (tertiary/aromatic N) is 1. The van der Waals surface area contributed by atoms with Crippen LogP contribution < -0.4 is 5.32 Å². The summed E-state index contributed by atoms with van der Waals surface area (Å²) in [6.07, 6.45) is -3.61. The van der Waals surface area contributed by atoms with Gasteiger partial charge < -0.3 is 40.4 Å². The van der Waals surface area contributed by atoms with Gasteiger partial charge in [-0.05, 0) is 55.3 Å². The Bertz CT molecular complexity index is 1690. The summed E-state index contributed by atoms with van der Waals surface area (Å²) in [5.41, 5.74) is 3.12. The molecular weight excluding hydrogens is 665 g/mol. The fraction of sp³-hybridized carbons (Fsp3) is 0.353. The summed E-state index contributed by atoms with van der Waals surface area (Å²) >= 11 is 13.7. The van der Waals surface area contributed by atoms with Gasteiger partial charge in [0.1, 0.15) is 29.1 Å². The average molecular weight is 703 g/mol. The third-order valence-corrected chi connectivity index (χ3v) is 10.6. The molecule has 0 radical (unpaired) electrons. The number of carbonyl (C=O) groups excluding carboxylic acids is 2. The largest absolute Gasteiger partial charge is 0.394 e. The number of aryl methyl sites for hydroxylation is 1. The van der Waals surface area contributed by atoms with Crippen molar-refractivity contribution in [1.29, 1.82) is 0 Å². The smallest absolute Gasteiger partial charge is 0.239 e. The van der Waals surface area contributed by atoms with Crippen molar-refractivity contribution in [3.63, 3.8) is 0 Å². The first-order chi connectivity index (χ1) is 22.5. The number of aliphatic hydroxyl groups excluding tert-OH is 4. The van der Waals surface area contributed by atoms with Crippen molar-refractivity contribution < 1.29 is 34.8 Å². The lowest BCUT2D eigenvalue weighted by Gasteiger charge is -2.45. The number of nitrogens with one attached hydrogen (secondary N) is 2. The van der Waals surface area contributed by atoms with E-state index in [1.54, 1.807) is 47.5 Å². The number of aliphatic hydroxyl groups is 4. The SMILES string of the molecule is CCC(Sc1ccc(C)cc1)(C(=O)NC1C(O)OC(CO)C(O)C1O)C(c1c[nH]c2cc(Cl)ccc12)N(C=O)Cc1ccc(Cl)cc1. The maximum Gasteiger partial charge on any atom is 0.239 e. The molecule has 1 aliphatic heterocycles. The van der Waals surface area contributed by atoms with Crippen molar-refractivity contribution in [1.82, 2.24) is 15.2 Å². The second-order valence-electron chi connectivity index (χ2n) is 11.6. The highest BCUT2D eigenvalue weighted by Crippen LogP contribution is 2.50. The van der Waals surface area contributed by atoms with E-state index < -0.39 is 53.9 Å². The average Bonchev–Trinajstić information content (AvgIpc) is 3.47. The molecule has 3 aromatic carbocycles. The van der Waals surface area contributed by atoms with Gasteiger partial charge in [0.05, 0.1) is 12.6 Å². The Kier molecular flexibility index (Phi) is 11.2. The van der Waals surface area contributed by atoms with Crippen LogP contribution in [0.4, 0.5) is 0 Å². The molecule has 1 fully saturated rings. The molecule has 0 bridgehead atoms. The van der Waals surface area contributed by atoms with Crippen molar-refractivity contribution in [2.24, 2.45) is 0 Å². The van der Waals surface area contributed by atoms with E-state index >= 15 is 0 Å². The van der Waals surface area contributed by atoms with E-state index in [1.165, 1.54) is 11.8 Å². The topological polar surface area (TPSA) is 155 Å². The number of carbonyl (C=O) groups is 2. The van der Waals surface area contributed by atoms with Crippen LogP contribution in [0.25, 0.3) is 10.9 Å². The second-order valence-corrected chi connectivity index (χ2v) is 13.9. The van der Waals surface area contributed by atoms with Crippen LogP contribution in [0, 0.1) is 6.92 Å². The molecular formula is C34H37Cl2N3O7S. The van der Waals surface area contributed by atoms with Crippen LogP contribution in [0.15, 0.2) is 77.8 Å². The molecule has 0 saturated carbocycles. The van der Waals surface area contributed by atoms with Gasteiger partial charge in [-0.2, -0.15) is 0 Å². The number of fused-ring (bicyclic) bond motifs is 1. The van der Waals surface area contributed by atoms with Gasteiger partial charge in [-0.15, -0.1) is 11.8 Å². The Morgan fingerprint density at radius 2 is 1.74 bits per heavy atom. The predicted molar refractivity (Wildman–Crippen MR) is 181 cm³/mol. The molecule has 0 spiro atoms. The first-order valence-corrected chi connectivity index (χ1v) is 16.7. The van der Waals surface area contributed by atoms with E-state index in [9.17, 15) is 30.0 Å². The molecule has 2 amide bonds. The van der Waals surface area contributed by atoms with Crippen LogP contribution in [0.1, 0.15) is 36.1 Å². The number of thioether (sulfide) groups is 1. The molecule has 4 aromatic rings. The molecule has 5 rings (SSSR count). The van der Waals surface area contributed by atoms with Crippen molar-refractivity contribution in [2.45, 2.75) is 73.1 Å². The van der Waals surface area contributed by atoms with E-state index in [2.05, 4.69) is 10.3 Å². The molecule has 0 aliphatic carbocycles. The first kappa shape index (κ1) is 35.2. The van der Waals surface area contributed by atoms with E-state index in [4.69, 9.17) is 27.9 Å². The van der Waals surface area contributed by atoms with Crippen LogP contribution in [-0.2, 0) is 20.9 Å². The number of H-pyrrole nitrogens is 1. The van der Waals surface area contributed by atoms with Crippen LogP contribution >= 0.6 is 35.0 Å². The van der Waals surface area contributed by atoms with E-state index in [0.717, 1.165) is 21.4 Å². The zero-order valence-corrected chi connectivity index (χ0v) is 28.0. The van der Waals surface area contributed by atoms with Crippen molar-refractivity contribution in [2.75, 3.05) is 6.61 Å². The Balaban J connectivity index is 1.68. The molecule has 7 unspecified atom stereocenters.